The van der Waals surface area contributed by atoms with E-state index in [0.717, 1.165) is 54.2 Å². The summed E-state index contributed by atoms with van der Waals surface area (Å²) in [6.45, 7) is 7.02. The van der Waals surface area contributed by atoms with Crippen LogP contribution in [0, 0.1) is 18.8 Å². The topological polar surface area (TPSA) is 111 Å². The van der Waals surface area contributed by atoms with Crippen LogP contribution < -0.4 is 11.1 Å². The first kappa shape index (κ1) is 31.9. The third-order valence-electron chi connectivity index (χ3n) is 10.4. The molecule has 3 N–H and O–H groups in total. The molecule has 3 saturated heterocycles. The lowest BCUT2D eigenvalue weighted by Gasteiger charge is -2.41. The maximum atomic E-state index is 14.0. The van der Waals surface area contributed by atoms with Gasteiger partial charge in [0.15, 0.2) is 6.10 Å². The number of urea groups is 1. The smallest absolute Gasteiger partial charge is 0.410 e. The molecule has 10 nitrogen and oxygen atoms in total. The molecule has 5 heterocycles. The van der Waals surface area contributed by atoms with E-state index in [1.165, 1.54) is 12.8 Å². The fourth-order valence-corrected chi connectivity index (χ4v) is 8.55. The maximum Gasteiger partial charge on any atom is 0.410 e. The molecule has 3 fully saturated rings. The number of rotatable bonds is 6. The first-order valence-corrected chi connectivity index (χ1v) is 17.6. The average molecular weight is 657 g/mol. The quantitative estimate of drug-likeness (QED) is 0.401. The number of nitrogen functional groups attached to an aromatic ring is 1. The summed E-state index contributed by atoms with van der Waals surface area (Å²) in [4.78, 5) is 48.1. The predicted octanol–water partition coefficient (Wildman–Crippen LogP) is 5.43. The number of halogens is 1. The number of ether oxygens (including phenoxy) is 1. The minimum absolute atomic E-state index is 0.0327. The summed E-state index contributed by atoms with van der Waals surface area (Å²) in [5, 5.41) is 7.43. The number of nitrogens with zero attached hydrogens (tertiary/aromatic N) is 4. The van der Waals surface area contributed by atoms with E-state index >= 15 is 0 Å². The van der Waals surface area contributed by atoms with Crippen LogP contribution in [0.1, 0.15) is 55.2 Å². The molecule has 4 aliphatic heterocycles. The number of hydrogen-bond acceptors (Lipinski definition) is 7. The second-order valence-corrected chi connectivity index (χ2v) is 14.4. The Hall–Kier alpha value is -3.02. The molecule has 0 saturated carbocycles. The number of nitrogens with two attached hydrogens (primary N) is 1. The second-order valence-electron chi connectivity index (χ2n) is 13.3. The van der Waals surface area contributed by atoms with E-state index in [2.05, 4.69) is 22.6 Å². The Morgan fingerprint density at radius 1 is 1.00 bits per heavy atom. The van der Waals surface area contributed by atoms with Gasteiger partial charge in [-0.2, -0.15) is 0 Å². The highest BCUT2D eigenvalue weighted by molar-refractivity contribution is 7.08. The number of carbonyl (C=O) groups excluding carboxylic acids is 3. The lowest BCUT2D eigenvalue weighted by atomic mass is 9.79. The summed E-state index contributed by atoms with van der Waals surface area (Å²) >= 11 is 7.98. The number of thiophene rings is 1. The summed E-state index contributed by atoms with van der Waals surface area (Å²) in [5.41, 5.74) is 10.2. The Balaban J connectivity index is 1.09. The first-order valence-electron chi connectivity index (χ1n) is 16.3. The van der Waals surface area contributed by atoms with Gasteiger partial charge in [-0.05, 0) is 100.0 Å². The van der Waals surface area contributed by atoms with E-state index in [-0.39, 0.29) is 24.4 Å². The van der Waals surface area contributed by atoms with Crippen molar-refractivity contribution >= 4 is 52.3 Å². The number of piperidine rings is 3. The molecule has 6 rings (SSSR count). The van der Waals surface area contributed by atoms with Crippen molar-refractivity contribution in [1.29, 1.82) is 0 Å². The summed E-state index contributed by atoms with van der Waals surface area (Å²) in [5.74, 6) is 1.21. The van der Waals surface area contributed by atoms with Crippen molar-refractivity contribution in [2.45, 2.75) is 70.6 Å². The van der Waals surface area contributed by atoms with Crippen molar-refractivity contribution in [1.82, 2.24) is 19.6 Å². The van der Waals surface area contributed by atoms with Crippen LogP contribution in [0.3, 0.4) is 0 Å². The average Bonchev–Trinajstić information content (AvgIpc) is 3.50. The molecule has 45 heavy (non-hydrogen) atoms. The van der Waals surface area contributed by atoms with Crippen LogP contribution >= 0.6 is 22.9 Å². The van der Waals surface area contributed by atoms with Gasteiger partial charge in [0.25, 0.3) is 5.91 Å². The lowest BCUT2D eigenvalue weighted by molar-refractivity contribution is -0.142. The fourth-order valence-electron chi connectivity index (χ4n) is 7.48. The molecule has 0 aliphatic carbocycles. The summed E-state index contributed by atoms with van der Waals surface area (Å²) in [7, 11) is 2.18. The number of fused-ring (bicyclic) bond motifs is 1. The van der Waals surface area contributed by atoms with Crippen LogP contribution in [0.25, 0.3) is 0 Å². The third kappa shape index (κ3) is 7.20. The van der Waals surface area contributed by atoms with E-state index in [1.807, 2.05) is 28.2 Å². The van der Waals surface area contributed by atoms with E-state index in [9.17, 15) is 14.4 Å². The van der Waals surface area contributed by atoms with Crippen LogP contribution in [0.2, 0.25) is 5.02 Å². The van der Waals surface area contributed by atoms with Crippen LogP contribution in [0.5, 0.6) is 0 Å². The summed E-state index contributed by atoms with van der Waals surface area (Å²) in [6.07, 6.45) is 4.50. The van der Waals surface area contributed by atoms with Gasteiger partial charge in [0.05, 0.1) is 22.9 Å². The normalized spacial score (nSPS) is 21.4. The van der Waals surface area contributed by atoms with Gasteiger partial charge in [0.1, 0.15) is 0 Å². The number of amides is 4. The predicted molar refractivity (Wildman–Crippen MR) is 178 cm³/mol. The van der Waals surface area contributed by atoms with E-state index in [0.29, 0.717) is 62.2 Å². The Labute approximate surface area is 274 Å². The Bertz CT molecular complexity index is 1370. The third-order valence-corrected chi connectivity index (χ3v) is 11.5. The first-order chi connectivity index (χ1) is 21.7. The van der Waals surface area contributed by atoms with Crippen molar-refractivity contribution < 1.29 is 19.1 Å². The van der Waals surface area contributed by atoms with Gasteiger partial charge in [-0.15, -0.1) is 11.3 Å². The molecule has 4 amide bonds. The molecule has 1 aromatic carbocycles. The monoisotopic (exact) mass is 656 g/mol. The number of hydrogen-bond donors (Lipinski definition) is 2. The zero-order chi connectivity index (χ0) is 31.7. The van der Waals surface area contributed by atoms with Crippen LogP contribution in [-0.2, 0) is 22.5 Å². The van der Waals surface area contributed by atoms with Gasteiger partial charge < -0.3 is 35.4 Å². The summed E-state index contributed by atoms with van der Waals surface area (Å²) < 4.78 is 6.04. The van der Waals surface area contributed by atoms with Crippen LogP contribution in [0.15, 0.2) is 22.9 Å². The number of likely N-dealkylation sites (tertiary alicyclic amines) is 3. The minimum atomic E-state index is -0.959. The van der Waals surface area contributed by atoms with Gasteiger partial charge in [-0.25, -0.2) is 9.59 Å². The molecule has 12 heteroatoms. The van der Waals surface area contributed by atoms with Gasteiger partial charge >= 0.3 is 12.1 Å². The highest BCUT2D eigenvalue weighted by Gasteiger charge is 2.37. The van der Waals surface area contributed by atoms with Crippen LogP contribution in [0.4, 0.5) is 21.0 Å². The lowest BCUT2D eigenvalue weighted by Crippen LogP contribution is -2.52. The molecule has 0 radical (unpaired) electrons. The maximum absolute atomic E-state index is 14.0. The van der Waals surface area contributed by atoms with Crippen molar-refractivity contribution in [3.8, 4) is 0 Å². The molecule has 244 valence electrons. The molecule has 4 aliphatic rings. The molecule has 1 aromatic heterocycles. The molecule has 0 unspecified atom stereocenters. The highest BCUT2D eigenvalue weighted by atomic mass is 35.5. The van der Waals surface area contributed by atoms with Crippen LogP contribution in [-0.4, -0.2) is 96.1 Å². The van der Waals surface area contributed by atoms with Gasteiger partial charge in [-0.3, -0.25) is 4.79 Å². The fraction of sp³-hybridized carbons (Fsp3) is 0.606. The number of benzene rings is 1. The molecule has 0 bridgehead atoms. The molecule has 1 atom stereocenters. The molecule has 0 spiro atoms. The van der Waals surface area contributed by atoms with Gasteiger partial charge in [0.2, 0.25) is 0 Å². The second kappa shape index (κ2) is 13.8. The van der Waals surface area contributed by atoms with Crippen molar-refractivity contribution in [3.05, 3.63) is 44.6 Å². The minimum Gasteiger partial charge on any atom is -0.436 e. The number of anilines is 2. The SMILES string of the molecule is Cc1cc(C[C@@H](OC(=O)N2CCC(N3Cc4cscc4NC3=O)CC2)C(=O)N2CCC(C3CCN(C)CC3)CC2)cc(Cl)c1N. The van der Waals surface area contributed by atoms with Gasteiger partial charge in [-0.1, -0.05) is 17.7 Å². The van der Waals surface area contributed by atoms with Crippen molar-refractivity contribution in [2.24, 2.45) is 11.8 Å². The Morgan fingerprint density at radius 2 is 1.64 bits per heavy atom. The number of nitrogens with one attached hydrogen (secondary N) is 1. The zero-order valence-electron chi connectivity index (χ0n) is 26.3. The number of aryl methyl sites for hydroxylation is 1. The van der Waals surface area contributed by atoms with Crippen molar-refractivity contribution in [2.75, 3.05) is 57.4 Å². The molecular weight excluding hydrogens is 612 g/mol. The van der Waals surface area contributed by atoms with E-state index < -0.39 is 12.2 Å². The summed E-state index contributed by atoms with van der Waals surface area (Å²) in [6, 6.07) is 3.61. The standard InChI is InChI=1S/C33H45ClN6O4S/c1-21-15-22(16-27(34)30(21)35)17-29(31(41)38-11-5-24(6-12-38)23-3-9-37(2)10-4-23)44-33(43)39-13-7-26(8-14-39)40-18-25-19-45-20-28(25)36-32(40)42/h15-16,19-20,23-24,26,29H,3-14,17-18,35H2,1-2H3,(H,36,42)/t29-/m1/s1. The van der Waals surface area contributed by atoms with Gasteiger partial charge in [0, 0.05) is 49.6 Å². The molecular formula is C33H45ClN6O4S. The zero-order valence-corrected chi connectivity index (χ0v) is 27.9. The Morgan fingerprint density at radius 3 is 2.31 bits per heavy atom. The highest BCUT2D eigenvalue weighted by Crippen LogP contribution is 2.34. The number of carbonyl (C=O) groups is 3. The van der Waals surface area contributed by atoms with E-state index in [4.69, 9.17) is 22.1 Å². The Kier molecular flexibility index (Phi) is 9.77. The van der Waals surface area contributed by atoms with E-state index in [1.54, 1.807) is 22.3 Å². The molecule has 2 aromatic rings. The largest absolute Gasteiger partial charge is 0.436 e. The van der Waals surface area contributed by atoms with Crippen molar-refractivity contribution in [3.63, 3.8) is 0 Å².